The van der Waals surface area contributed by atoms with E-state index in [-0.39, 0.29) is 5.91 Å². The van der Waals surface area contributed by atoms with E-state index in [1.54, 1.807) is 36.8 Å². The summed E-state index contributed by atoms with van der Waals surface area (Å²) in [6.07, 6.45) is 1.75. The molecule has 0 aliphatic heterocycles. The smallest absolute Gasteiger partial charge is 0.223 e. The van der Waals surface area contributed by atoms with Crippen LogP contribution < -0.4 is 4.90 Å². The van der Waals surface area contributed by atoms with E-state index in [2.05, 4.69) is 18.8 Å². The molecular weight excluding hydrogens is 208 g/mol. The molecule has 0 spiro atoms. The second kappa shape index (κ2) is 5.16. The van der Waals surface area contributed by atoms with E-state index in [0.29, 0.717) is 5.25 Å². The predicted octanol–water partition coefficient (Wildman–Crippen LogP) is 2.56. The Bertz CT molecular complexity index is 352. The topological polar surface area (TPSA) is 33.2 Å². The van der Waals surface area contributed by atoms with Crippen molar-refractivity contribution in [1.82, 2.24) is 4.98 Å². The molecule has 0 radical (unpaired) electrons. The number of hydrogen-bond acceptors (Lipinski definition) is 3. The molecule has 1 amide bonds. The summed E-state index contributed by atoms with van der Waals surface area (Å²) in [5.74, 6) is 0.0219. The molecule has 0 N–H and O–H groups in total. The summed E-state index contributed by atoms with van der Waals surface area (Å²) in [7, 11) is 1.77. The summed E-state index contributed by atoms with van der Waals surface area (Å²) in [5.41, 5.74) is 0.878. The van der Waals surface area contributed by atoms with Crippen LogP contribution >= 0.6 is 11.8 Å². The van der Waals surface area contributed by atoms with Crippen molar-refractivity contribution in [2.45, 2.75) is 31.0 Å². The third-order valence-corrected chi connectivity index (χ3v) is 2.94. The van der Waals surface area contributed by atoms with E-state index < -0.39 is 0 Å². The fraction of sp³-hybridized carbons (Fsp3) is 0.455. The number of pyridine rings is 1. The first-order valence-electron chi connectivity index (χ1n) is 4.88. The van der Waals surface area contributed by atoms with Gasteiger partial charge >= 0.3 is 0 Å². The van der Waals surface area contributed by atoms with E-state index >= 15 is 0 Å². The van der Waals surface area contributed by atoms with E-state index in [1.807, 2.05) is 12.1 Å². The van der Waals surface area contributed by atoms with E-state index in [0.717, 1.165) is 10.7 Å². The van der Waals surface area contributed by atoms with Crippen molar-refractivity contribution in [2.24, 2.45) is 0 Å². The van der Waals surface area contributed by atoms with Crippen LogP contribution in [0.15, 0.2) is 23.4 Å². The zero-order chi connectivity index (χ0) is 11.4. The van der Waals surface area contributed by atoms with Gasteiger partial charge in [-0.05, 0) is 12.1 Å². The van der Waals surface area contributed by atoms with Gasteiger partial charge in [-0.2, -0.15) is 0 Å². The molecule has 0 unspecified atom stereocenters. The second-order valence-electron chi connectivity index (χ2n) is 3.57. The number of rotatable bonds is 3. The number of amides is 1. The summed E-state index contributed by atoms with van der Waals surface area (Å²) in [6, 6.07) is 3.76. The van der Waals surface area contributed by atoms with Crippen LogP contribution in [0.3, 0.4) is 0 Å². The fourth-order valence-electron chi connectivity index (χ4n) is 1.12. The monoisotopic (exact) mass is 224 g/mol. The highest BCUT2D eigenvalue weighted by molar-refractivity contribution is 7.99. The van der Waals surface area contributed by atoms with Gasteiger partial charge in [-0.1, -0.05) is 13.8 Å². The minimum atomic E-state index is 0.0219. The molecule has 0 saturated carbocycles. The van der Waals surface area contributed by atoms with Gasteiger partial charge in [0.25, 0.3) is 0 Å². The molecule has 1 aromatic rings. The number of hydrogen-bond donors (Lipinski definition) is 0. The quantitative estimate of drug-likeness (QED) is 0.740. The Kier molecular flexibility index (Phi) is 4.15. The number of carbonyl (C=O) groups excluding carboxylic acids is 1. The van der Waals surface area contributed by atoms with Gasteiger partial charge in [0.1, 0.15) is 5.03 Å². The summed E-state index contributed by atoms with van der Waals surface area (Å²) in [4.78, 5) is 17.2. The Morgan fingerprint density at radius 3 is 2.73 bits per heavy atom. The maximum Gasteiger partial charge on any atom is 0.223 e. The molecule has 1 rings (SSSR count). The lowest BCUT2D eigenvalue weighted by Gasteiger charge is -2.18. The molecule has 1 heterocycles. The highest BCUT2D eigenvalue weighted by atomic mass is 32.2. The summed E-state index contributed by atoms with van der Waals surface area (Å²) < 4.78 is 0. The van der Waals surface area contributed by atoms with E-state index in [4.69, 9.17) is 0 Å². The molecule has 0 bridgehead atoms. The first-order valence-corrected chi connectivity index (χ1v) is 5.76. The molecule has 1 aromatic heterocycles. The lowest BCUT2D eigenvalue weighted by atomic mass is 10.4. The molecule has 0 aliphatic carbocycles. The largest absolute Gasteiger partial charge is 0.313 e. The fourth-order valence-corrected chi connectivity index (χ4v) is 2.02. The van der Waals surface area contributed by atoms with Crippen molar-refractivity contribution in [2.75, 3.05) is 11.9 Å². The van der Waals surface area contributed by atoms with E-state index in [9.17, 15) is 4.79 Å². The number of anilines is 1. The highest BCUT2D eigenvalue weighted by Crippen LogP contribution is 2.29. The normalized spacial score (nSPS) is 10.5. The Balaban J connectivity index is 3.00. The Morgan fingerprint density at radius 1 is 1.53 bits per heavy atom. The zero-order valence-corrected chi connectivity index (χ0v) is 10.3. The Morgan fingerprint density at radius 2 is 2.20 bits per heavy atom. The van der Waals surface area contributed by atoms with Crippen molar-refractivity contribution in [1.29, 1.82) is 0 Å². The minimum absolute atomic E-state index is 0.0219. The molecule has 4 heteroatoms. The van der Waals surface area contributed by atoms with Crippen LogP contribution in [-0.2, 0) is 4.79 Å². The predicted molar refractivity (Wildman–Crippen MR) is 64.3 cm³/mol. The van der Waals surface area contributed by atoms with Gasteiger partial charge in [0.2, 0.25) is 5.91 Å². The van der Waals surface area contributed by atoms with Gasteiger partial charge in [-0.3, -0.25) is 4.79 Å². The van der Waals surface area contributed by atoms with Gasteiger partial charge in [0, 0.05) is 25.4 Å². The second-order valence-corrected chi connectivity index (χ2v) is 5.14. The first-order chi connectivity index (χ1) is 7.02. The van der Waals surface area contributed by atoms with Crippen LogP contribution in [0.4, 0.5) is 5.69 Å². The summed E-state index contributed by atoms with van der Waals surface area (Å²) >= 11 is 1.67. The maximum atomic E-state index is 11.3. The third-order valence-electron chi connectivity index (χ3n) is 1.93. The Hall–Kier alpha value is -1.03. The van der Waals surface area contributed by atoms with Crippen LogP contribution in [0.2, 0.25) is 0 Å². The summed E-state index contributed by atoms with van der Waals surface area (Å²) in [6.45, 7) is 5.77. The molecule has 0 aliphatic rings. The number of thioether (sulfide) groups is 1. The van der Waals surface area contributed by atoms with Gasteiger partial charge in [0.15, 0.2) is 0 Å². The van der Waals surface area contributed by atoms with Gasteiger partial charge in [-0.15, -0.1) is 11.8 Å². The molecule has 0 atom stereocenters. The SMILES string of the molecule is CC(=O)N(C)c1cccnc1SC(C)C. The molecule has 15 heavy (non-hydrogen) atoms. The lowest BCUT2D eigenvalue weighted by Crippen LogP contribution is -2.23. The maximum absolute atomic E-state index is 11.3. The van der Waals surface area contributed by atoms with Crippen molar-refractivity contribution >= 4 is 23.4 Å². The third kappa shape index (κ3) is 3.23. The van der Waals surface area contributed by atoms with Crippen molar-refractivity contribution in [3.63, 3.8) is 0 Å². The van der Waals surface area contributed by atoms with E-state index in [1.165, 1.54) is 0 Å². The van der Waals surface area contributed by atoms with Crippen molar-refractivity contribution < 1.29 is 4.79 Å². The van der Waals surface area contributed by atoms with Gasteiger partial charge < -0.3 is 4.90 Å². The standard InChI is InChI=1S/C11H16N2OS/c1-8(2)15-11-10(6-5-7-12-11)13(4)9(3)14/h5-8H,1-4H3. The molecule has 3 nitrogen and oxygen atoms in total. The minimum Gasteiger partial charge on any atom is -0.313 e. The van der Waals surface area contributed by atoms with Crippen LogP contribution in [0.25, 0.3) is 0 Å². The van der Waals surface area contributed by atoms with Crippen LogP contribution in [0, 0.1) is 0 Å². The molecule has 0 aromatic carbocycles. The highest BCUT2D eigenvalue weighted by Gasteiger charge is 2.12. The van der Waals surface area contributed by atoms with Crippen LogP contribution in [0.5, 0.6) is 0 Å². The average Bonchev–Trinajstić information content (AvgIpc) is 2.16. The summed E-state index contributed by atoms with van der Waals surface area (Å²) in [5, 5.41) is 1.37. The number of nitrogens with zero attached hydrogens (tertiary/aromatic N) is 2. The molecule has 0 saturated heterocycles. The van der Waals surface area contributed by atoms with Gasteiger partial charge in [0.05, 0.1) is 5.69 Å². The van der Waals surface area contributed by atoms with Crippen molar-refractivity contribution in [3.05, 3.63) is 18.3 Å². The van der Waals surface area contributed by atoms with Crippen LogP contribution in [-0.4, -0.2) is 23.2 Å². The lowest BCUT2D eigenvalue weighted by molar-refractivity contribution is -0.116. The first kappa shape index (κ1) is 12.0. The molecule has 82 valence electrons. The average molecular weight is 224 g/mol. The zero-order valence-electron chi connectivity index (χ0n) is 9.52. The Labute approximate surface area is 94.9 Å². The number of carbonyl (C=O) groups is 1. The number of aromatic nitrogens is 1. The van der Waals surface area contributed by atoms with Gasteiger partial charge in [-0.25, -0.2) is 4.98 Å². The molecule has 0 fully saturated rings. The van der Waals surface area contributed by atoms with Crippen molar-refractivity contribution in [3.8, 4) is 0 Å². The molecular formula is C11H16N2OS. The van der Waals surface area contributed by atoms with Crippen LogP contribution in [0.1, 0.15) is 20.8 Å².